The number of aryl methyl sites for hydroxylation is 2. The molecule has 4 aromatic rings. The van der Waals surface area contributed by atoms with Crippen LogP contribution in [0.5, 0.6) is 0 Å². The molecule has 0 amide bonds. The highest BCUT2D eigenvalue weighted by Crippen LogP contribution is 2.35. The summed E-state index contributed by atoms with van der Waals surface area (Å²) in [6, 6.07) is 22.1. The minimum absolute atomic E-state index is 0.142. The molecule has 1 heterocycles. The highest BCUT2D eigenvalue weighted by Gasteiger charge is 2.20. The summed E-state index contributed by atoms with van der Waals surface area (Å²) in [4.78, 5) is 0. The van der Waals surface area contributed by atoms with Gasteiger partial charge in [0.25, 0.3) is 0 Å². The van der Waals surface area contributed by atoms with Gasteiger partial charge in [0, 0.05) is 24.1 Å². The summed E-state index contributed by atoms with van der Waals surface area (Å²) in [5.41, 5.74) is 6.77. The molecule has 142 valence electrons. The van der Waals surface area contributed by atoms with Crippen molar-refractivity contribution in [3.8, 4) is 11.3 Å². The zero-order valence-corrected chi connectivity index (χ0v) is 16.2. The first-order chi connectivity index (χ1) is 13.6. The molecule has 0 aliphatic rings. The number of hydrogen-bond donors (Lipinski definition) is 1. The Hall–Kier alpha value is -2.91. The van der Waals surface area contributed by atoms with E-state index in [-0.39, 0.29) is 12.4 Å². The van der Waals surface area contributed by atoms with E-state index in [1.807, 2.05) is 68.4 Å². The van der Waals surface area contributed by atoms with E-state index in [0.29, 0.717) is 24.0 Å². The van der Waals surface area contributed by atoms with Crippen molar-refractivity contribution in [1.29, 1.82) is 0 Å². The van der Waals surface area contributed by atoms with E-state index in [1.54, 1.807) is 0 Å². The Morgan fingerprint density at radius 3 is 2.32 bits per heavy atom. The van der Waals surface area contributed by atoms with Crippen LogP contribution in [0.2, 0.25) is 0 Å². The van der Waals surface area contributed by atoms with Crippen LogP contribution in [-0.4, -0.2) is 16.3 Å². The van der Waals surface area contributed by atoms with Gasteiger partial charge in [0.1, 0.15) is 0 Å². The van der Waals surface area contributed by atoms with Gasteiger partial charge in [-0.25, -0.2) is 4.39 Å². The Labute approximate surface area is 164 Å². The van der Waals surface area contributed by atoms with Crippen molar-refractivity contribution in [2.24, 2.45) is 0 Å². The molecular weight excluding hydrogens is 349 g/mol. The van der Waals surface area contributed by atoms with Gasteiger partial charge in [-0.2, -0.15) is 0 Å². The second-order valence-electron chi connectivity index (χ2n) is 7.37. The van der Waals surface area contributed by atoms with Gasteiger partial charge in [0.05, 0.1) is 11.2 Å². The molecule has 0 unspecified atom stereocenters. The summed E-state index contributed by atoms with van der Waals surface area (Å²) >= 11 is 0. The molecule has 0 atom stereocenters. The number of aromatic nitrogens is 1. The van der Waals surface area contributed by atoms with Gasteiger partial charge in [-0.15, -0.1) is 0 Å². The molecular formula is C25H24FNO. The van der Waals surface area contributed by atoms with Crippen molar-refractivity contribution in [2.75, 3.05) is 6.61 Å². The van der Waals surface area contributed by atoms with Crippen LogP contribution in [0.4, 0.5) is 4.39 Å². The van der Waals surface area contributed by atoms with Gasteiger partial charge < -0.3 is 9.67 Å². The fourth-order valence-corrected chi connectivity index (χ4v) is 3.82. The lowest BCUT2D eigenvalue weighted by Gasteiger charge is -2.13. The van der Waals surface area contributed by atoms with Gasteiger partial charge in [0.15, 0.2) is 5.82 Å². The van der Waals surface area contributed by atoms with Crippen molar-refractivity contribution >= 4 is 10.9 Å². The molecule has 0 aliphatic heterocycles. The first-order valence-corrected chi connectivity index (χ1v) is 9.61. The molecule has 0 spiro atoms. The van der Waals surface area contributed by atoms with Crippen molar-refractivity contribution < 1.29 is 9.50 Å². The number of hydrogen-bond acceptors (Lipinski definition) is 1. The molecule has 2 nitrogen and oxygen atoms in total. The number of rotatable bonds is 5. The largest absolute Gasteiger partial charge is 0.396 e. The maximum absolute atomic E-state index is 15.6. The fraction of sp³-hybridized carbons (Fsp3) is 0.200. The third-order valence-electron chi connectivity index (χ3n) is 5.32. The van der Waals surface area contributed by atoms with Crippen LogP contribution >= 0.6 is 0 Å². The van der Waals surface area contributed by atoms with E-state index in [0.717, 1.165) is 33.3 Å². The number of nitrogens with zero attached hydrogens (tertiary/aromatic N) is 1. The number of halogens is 1. The van der Waals surface area contributed by atoms with E-state index in [9.17, 15) is 0 Å². The molecule has 1 N–H and O–H groups in total. The van der Waals surface area contributed by atoms with Crippen molar-refractivity contribution in [1.82, 2.24) is 4.57 Å². The average Bonchev–Trinajstić information content (AvgIpc) is 2.95. The Bertz CT molecular complexity index is 1130. The minimum atomic E-state index is -0.162. The van der Waals surface area contributed by atoms with E-state index in [2.05, 4.69) is 16.7 Å². The van der Waals surface area contributed by atoms with Crippen LogP contribution in [0.25, 0.3) is 22.2 Å². The lowest BCUT2D eigenvalue weighted by atomic mass is 10.0. The molecule has 0 radical (unpaired) electrons. The predicted molar refractivity (Wildman–Crippen MR) is 113 cm³/mol. The highest BCUT2D eigenvalue weighted by molar-refractivity contribution is 5.89. The van der Waals surface area contributed by atoms with Crippen molar-refractivity contribution in [3.63, 3.8) is 0 Å². The monoisotopic (exact) mass is 373 g/mol. The molecule has 3 aromatic carbocycles. The third kappa shape index (κ3) is 3.34. The zero-order valence-electron chi connectivity index (χ0n) is 16.2. The van der Waals surface area contributed by atoms with Crippen molar-refractivity contribution in [2.45, 2.75) is 26.8 Å². The standard InChI is InChI=1S/C25H24FNO/c1-17-7-12-23-22(15-17)24(26)25(21-6-4-3-5-18(21)2)27(23)16-20-10-8-19(9-11-20)13-14-28/h3-12,15,28H,13-14,16H2,1-2H3. The van der Waals surface area contributed by atoms with Gasteiger partial charge in [0.2, 0.25) is 0 Å². The number of fused-ring (bicyclic) bond motifs is 1. The highest BCUT2D eigenvalue weighted by atomic mass is 19.1. The Morgan fingerprint density at radius 2 is 1.61 bits per heavy atom. The van der Waals surface area contributed by atoms with E-state index < -0.39 is 0 Å². The number of aliphatic hydroxyl groups is 1. The Kier molecular flexibility index (Phi) is 5.01. The quantitative estimate of drug-likeness (QED) is 0.481. The van der Waals surface area contributed by atoms with Crippen LogP contribution in [0.3, 0.4) is 0 Å². The summed E-state index contributed by atoms with van der Waals surface area (Å²) in [5, 5.41) is 9.77. The van der Waals surface area contributed by atoms with E-state index in [1.165, 1.54) is 0 Å². The fourth-order valence-electron chi connectivity index (χ4n) is 3.82. The zero-order chi connectivity index (χ0) is 19.7. The first kappa shape index (κ1) is 18.5. The Balaban J connectivity index is 1.88. The first-order valence-electron chi connectivity index (χ1n) is 9.61. The molecule has 0 aliphatic carbocycles. The van der Waals surface area contributed by atoms with Crippen molar-refractivity contribution in [3.05, 3.63) is 94.8 Å². The van der Waals surface area contributed by atoms with Crippen LogP contribution in [-0.2, 0) is 13.0 Å². The molecule has 0 saturated heterocycles. The second kappa shape index (κ2) is 7.61. The second-order valence-corrected chi connectivity index (χ2v) is 7.37. The van der Waals surface area contributed by atoms with Gasteiger partial charge >= 0.3 is 0 Å². The van der Waals surface area contributed by atoms with Gasteiger partial charge in [-0.3, -0.25) is 0 Å². The van der Waals surface area contributed by atoms with Crippen LogP contribution in [0.1, 0.15) is 22.3 Å². The normalized spacial score (nSPS) is 11.3. The summed E-state index contributed by atoms with van der Waals surface area (Å²) in [6.45, 7) is 4.74. The summed E-state index contributed by atoms with van der Waals surface area (Å²) < 4.78 is 17.6. The molecule has 0 bridgehead atoms. The average molecular weight is 373 g/mol. The molecule has 1 aromatic heterocycles. The summed E-state index contributed by atoms with van der Waals surface area (Å²) in [6.07, 6.45) is 0.648. The Morgan fingerprint density at radius 1 is 0.893 bits per heavy atom. The maximum atomic E-state index is 15.6. The maximum Gasteiger partial charge on any atom is 0.156 e. The predicted octanol–water partition coefficient (Wildman–Crippen LogP) is 5.65. The molecule has 4 rings (SSSR count). The third-order valence-corrected chi connectivity index (χ3v) is 5.32. The van der Waals surface area contributed by atoms with E-state index in [4.69, 9.17) is 5.11 Å². The van der Waals surface area contributed by atoms with Crippen LogP contribution in [0, 0.1) is 19.7 Å². The lowest BCUT2D eigenvalue weighted by Crippen LogP contribution is -2.03. The van der Waals surface area contributed by atoms with Crippen LogP contribution in [0.15, 0.2) is 66.7 Å². The number of aliphatic hydroxyl groups excluding tert-OH is 1. The smallest absolute Gasteiger partial charge is 0.156 e. The van der Waals surface area contributed by atoms with Gasteiger partial charge in [-0.05, 0) is 49.1 Å². The number of benzene rings is 3. The molecule has 0 saturated carbocycles. The lowest BCUT2D eigenvalue weighted by molar-refractivity contribution is 0.299. The molecule has 28 heavy (non-hydrogen) atoms. The summed E-state index contributed by atoms with van der Waals surface area (Å²) in [5.74, 6) is -0.162. The van der Waals surface area contributed by atoms with Crippen LogP contribution < -0.4 is 0 Å². The topological polar surface area (TPSA) is 25.2 Å². The summed E-state index contributed by atoms with van der Waals surface area (Å²) in [7, 11) is 0. The van der Waals surface area contributed by atoms with Gasteiger partial charge in [-0.1, -0.05) is 60.2 Å². The molecule has 0 fully saturated rings. The molecule has 3 heteroatoms. The van der Waals surface area contributed by atoms with E-state index >= 15 is 4.39 Å². The minimum Gasteiger partial charge on any atom is -0.396 e. The SMILES string of the molecule is Cc1ccc2c(c1)c(F)c(-c1ccccc1C)n2Cc1ccc(CCO)cc1.